The van der Waals surface area contributed by atoms with Crippen molar-refractivity contribution in [1.82, 2.24) is 0 Å². The maximum absolute atomic E-state index is 2.49. The number of hydrogen-bond donors (Lipinski definition) is 0. The minimum atomic E-state index is -0.100. The lowest BCUT2D eigenvalue weighted by Gasteiger charge is -2.46. The first-order chi connectivity index (χ1) is 18.3. The fourth-order valence-electron chi connectivity index (χ4n) is 7.04. The third-order valence-electron chi connectivity index (χ3n) is 8.76. The van der Waals surface area contributed by atoms with E-state index in [2.05, 4.69) is 143 Å². The number of hydrogen-bond acceptors (Lipinski definition) is 1. The van der Waals surface area contributed by atoms with Crippen molar-refractivity contribution in [3.05, 3.63) is 131 Å². The molecule has 0 saturated heterocycles. The molecule has 1 nitrogen and oxygen atoms in total. The summed E-state index contributed by atoms with van der Waals surface area (Å²) in [5.74, 6) is 0. The third kappa shape index (κ3) is 3.26. The van der Waals surface area contributed by atoms with Crippen LogP contribution in [0, 0.1) is 20.8 Å². The lowest BCUT2D eigenvalue weighted by Crippen LogP contribution is -2.64. The highest BCUT2D eigenvalue weighted by atomic mass is 15.1. The zero-order valence-corrected chi connectivity index (χ0v) is 22.8. The van der Waals surface area contributed by atoms with Crippen LogP contribution in [-0.4, -0.2) is 6.71 Å². The number of anilines is 3. The topological polar surface area (TPSA) is 3.24 Å². The summed E-state index contributed by atoms with van der Waals surface area (Å²) in [6.45, 7) is 11.7. The van der Waals surface area contributed by atoms with E-state index in [4.69, 9.17) is 0 Å². The molecular weight excluding hydrogens is 457 g/mol. The molecule has 2 aliphatic rings. The highest BCUT2D eigenvalue weighted by Gasteiger charge is 2.46. The summed E-state index contributed by atoms with van der Waals surface area (Å²) in [5.41, 5.74) is 17.4. The van der Waals surface area contributed by atoms with Gasteiger partial charge in [-0.2, -0.15) is 0 Å². The zero-order valence-electron chi connectivity index (χ0n) is 22.8. The molecule has 0 radical (unpaired) electrons. The largest absolute Gasteiger partial charge is 0.312 e. The fraction of sp³-hybridized carbons (Fsp3) is 0.167. The van der Waals surface area contributed by atoms with Crippen LogP contribution < -0.4 is 21.3 Å². The van der Waals surface area contributed by atoms with Gasteiger partial charge in [-0.1, -0.05) is 109 Å². The first-order valence-corrected chi connectivity index (χ1v) is 13.7. The first kappa shape index (κ1) is 23.1. The van der Waals surface area contributed by atoms with Gasteiger partial charge in [0.05, 0.1) is 0 Å². The second-order valence-corrected chi connectivity index (χ2v) is 11.6. The number of nitrogens with zero attached hydrogens (tertiary/aromatic N) is 1. The van der Waals surface area contributed by atoms with Gasteiger partial charge < -0.3 is 4.90 Å². The molecule has 0 atom stereocenters. The molecule has 0 saturated carbocycles. The number of rotatable bonds is 2. The van der Waals surface area contributed by atoms with Gasteiger partial charge in [0.2, 0.25) is 6.71 Å². The van der Waals surface area contributed by atoms with Gasteiger partial charge in [0.25, 0.3) is 0 Å². The Morgan fingerprint density at radius 3 is 2.08 bits per heavy atom. The van der Waals surface area contributed by atoms with Gasteiger partial charge in [-0.05, 0) is 83.8 Å². The van der Waals surface area contributed by atoms with Gasteiger partial charge in [-0.3, -0.25) is 0 Å². The molecule has 7 rings (SSSR count). The lowest BCUT2D eigenvalue weighted by molar-refractivity contribution is 0.641. The molecule has 184 valence electrons. The Morgan fingerprint density at radius 2 is 1.32 bits per heavy atom. The van der Waals surface area contributed by atoms with Gasteiger partial charge in [0.1, 0.15) is 0 Å². The van der Waals surface area contributed by atoms with E-state index in [9.17, 15) is 0 Å². The predicted octanol–water partition coefficient (Wildman–Crippen LogP) is 7.22. The third-order valence-corrected chi connectivity index (χ3v) is 8.76. The van der Waals surface area contributed by atoms with Crippen molar-refractivity contribution in [3.8, 4) is 11.1 Å². The van der Waals surface area contributed by atoms with E-state index in [1.165, 1.54) is 72.4 Å². The fourth-order valence-corrected chi connectivity index (χ4v) is 7.04. The van der Waals surface area contributed by atoms with E-state index in [1.807, 2.05) is 0 Å². The van der Waals surface area contributed by atoms with E-state index in [-0.39, 0.29) is 12.1 Å². The van der Waals surface area contributed by atoms with Gasteiger partial charge in [0.15, 0.2) is 0 Å². The van der Waals surface area contributed by atoms with Gasteiger partial charge in [-0.15, -0.1) is 0 Å². The van der Waals surface area contributed by atoms with Crippen molar-refractivity contribution in [3.63, 3.8) is 0 Å². The molecule has 0 aromatic heterocycles. The van der Waals surface area contributed by atoms with Gasteiger partial charge in [0, 0.05) is 22.5 Å². The van der Waals surface area contributed by atoms with E-state index in [0.29, 0.717) is 0 Å². The molecule has 5 aromatic rings. The Hall–Kier alpha value is -4.04. The molecule has 0 bridgehead atoms. The summed E-state index contributed by atoms with van der Waals surface area (Å²) >= 11 is 0. The minimum Gasteiger partial charge on any atom is -0.312 e. The number of aryl methyl sites for hydroxylation is 3. The van der Waals surface area contributed by atoms with E-state index in [1.54, 1.807) is 0 Å². The van der Waals surface area contributed by atoms with Crippen LogP contribution in [0.4, 0.5) is 17.1 Å². The summed E-state index contributed by atoms with van der Waals surface area (Å²) in [6, 6.07) is 38.7. The Morgan fingerprint density at radius 1 is 0.605 bits per heavy atom. The Kier molecular flexibility index (Phi) is 5.01. The van der Waals surface area contributed by atoms with Crippen LogP contribution in [-0.2, 0) is 5.41 Å². The molecule has 5 aromatic carbocycles. The van der Waals surface area contributed by atoms with Gasteiger partial charge in [-0.25, -0.2) is 0 Å². The summed E-state index contributed by atoms with van der Waals surface area (Å²) in [7, 11) is 0. The number of benzene rings is 5. The Bertz CT molecular complexity index is 1710. The molecule has 38 heavy (non-hydrogen) atoms. The maximum Gasteiger partial charge on any atom is 0.247 e. The summed E-state index contributed by atoms with van der Waals surface area (Å²) in [6.07, 6.45) is 0. The van der Waals surface area contributed by atoms with Crippen LogP contribution in [0.2, 0.25) is 0 Å². The highest BCUT2D eigenvalue weighted by molar-refractivity contribution is 6.99. The average Bonchev–Trinajstić information content (AvgIpc) is 2.92. The maximum atomic E-state index is 2.49. The molecular formula is C36H32BN. The molecule has 0 aliphatic carbocycles. The molecule has 0 amide bonds. The quantitative estimate of drug-likeness (QED) is 0.232. The number of fused-ring (bicyclic) bond motifs is 4. The molecule has 2 heterocycles. The normalized spacial score (nSPS) is 14.6. The molecule has 0 spiro atoms. The monoisotopic (exact) mass is 489 g/mol. The smallest absolute Gasteiger partial charge is 0.247 e. The lowest BCUT2D eigenvalue weighted by atomic mass is 9.29. The zero-order chi connectivity index (χ0) is 26.2. The Balaban J connectivity index is 1.57. The van der Waals surface area contributed by atoms with E-state index < -0.39 is 0 Å². The van der Waals surface area contributed by atoms with E-state index in [0.717, 1.165) is 0 Å². The second kappa shape index (κ2) is 8.23. The predicted molar refractivity (Wildman–Crippen MR) is 164 cm³/mol. The summed E-state index contributed by atoms with van der Waals surface area (Å²) in [5, 5.41) is 0. The van der Waals surface area contributed by atoms with Crippen LogP contribution in [0.25, 0.3) is 11.1 Å². The summed E-state index contributed by atoms with van der Waals surface area (Å²) < 4.78 is 0. The van der Waals surface area contributed by atoms with E-state index >= 15 is 0 Å². The summed E-state index contributed by atoms with van der Waals surface area (Å²) in [4.78, 5) is 2.49. The van der Waals surface area contributed by atoms with Crippen LogP contribution in [0.1, 0.15) is 41.7 Å². The molecule has 2 heteroatoms. The molecule has 0 fully saturated rings. The molecule has 2 aliphatic heterocycles. The van der Waals surface area contributed by atoms with Crippen LogP contribution >= 0.6 is 0 Å². The van der Waals surface area contributed by atoms with Gasteiger partial charge >= 0.3 is 0 Å². The van der Waals surface area contributed by atoms with Crippen molar-refractivity contribution in [2.75, 3.05) is 4.90 Å². The first-order valence-electron chi connectivity index (χ1n) is 13.7. The average molecular weight is 489 g/mol. The van der Waals surface area contributed by atoms with Crippen LogP contribution in [0.3, 0.4) is 0 Å². The van der Waals surface area contributed by atoms with Crippen molar-refractivity contribution in [1.29, 1.82) is 0 Å². The molecule has 0 unspecified atom stereocenters. The standard InChI is InChI=1S/C36H32BN/c1-23-11-16-28(17-12-23)38-32-19-13-24(2)21-31(32)37-30-22-27(26-9-7-6-8-10-26)15-18-29(30)36(4,5)34-25(3)14-20-33(38)35(34)37/h6-22H,1-5H3. The SMILES string of the molecule is Cc1ccc(N2c3ccc(C)cc3B3c4cc(-c5ccccc5)ccc4C(C)(C)c4c(C)ccc2c43)cc1. The van der Waals surface area contributed by atoms with Crippen molar-refractivity contribution >= 4 is 40.2 Å². The van der Waals surface area contributed by atoms with Crippen LogP contribution in [0.15, 0.2) is 103 Å². The second-order valence-electron chi connectivity index (χ2n) is 11.6. The minimum absolute atomic E-state index is 0.100. The van der Waals surface area contributed by atoms with Crippen molar-refractivity contribution in [2.45, 2.75) is 40.0 Å². The van der Waals surface area contributed by atoms with Crippen LogP contribution in [0.5, 0.6) is 0 Å². The van der Waals surface area contributed by atoms with Crippen molar-refractivity contribution < 1.29 is 0 Å². The molecule has 0 N–H and O–H groups in total. The Labute approximate surface area is 226 Å². The highest BCUT2D eigenvalue weighted by Crippen LogP contribution is 2.43. The van der Waals surface area contributed by atoms with Crippen molar-refractivity contribution in [2.24, 2.45) is 0 Å².